The quantitative estimate of drug-likeness (QED) is 0.0681. The summed E-state index contributed by atoms with van der Waals surface area (Å²) in [5, 5.41) is 8.20. The lowest BCUT2D eigenvalue weighted by molar-refractivity contribution is -0.142. The fraction of sp³-hybridized carbons (Fsp3) is 0.647. The number of ether oxygens (including phenoxy) is 3. The van der Waals surface area contributed by atoms with E-state index < -0.39 is 24.0 Å². The number of methoxy groups -OCH3 is 1. The van der Waals surface area contributed by atoms with Gasteiger partial charge in [0.05, 0.1) is 45.4 Å². The van der Waals surface area contributed by atoms with E-state index in [1.807, 2.05) is 50.4 Å². The summed E-state index contributed by atoms with van der Waals surface area (Å²) in [7, 11) is 1.27. The number of carbonyl (C=O) groups is 6. The smallest absolute Gasteiger partial charge is 0.306 e. The van der Waals surface area contributed by atoms with Crippen molar-refractivity contribution in [3.05, 3.63) is 35.9 Å². The van der Waals surface area contributed by atoms with Crippen molar-refractivity contribution in [1.29, 1.82) is 0 Å². The van der Waals surface area contributed by atoms with Crippen LogP contribution in [-0.2, 0) is 49.4 Å². The van der Waals surface area contributed by atoms with Crippen LogP contribution < -0.4 is 16.0 Å². The molecule has 0 aromatic heterocycles. The van der Waals surface area contributed by atoms with Crippen LogP contribution in [0.2, 0.25) is 0 Å². The molecular weight excluding hydrogens is 626 g/mol. The zero-order chi connectivity index (χ0) is 34.9. The maximum atomic E-state index is 13.6. The van der Waals surface area contributed by atoms with Crippen molar-refractivity contribution < 1.29 is 43.0 Å². The minimum absolute atomic E-state index is 0.0200. The molecule has 3 N–H and O–H groups in total. The highest BCUT2D eigenvalue weighted by Crippen LogP contribution is 2.19. The lowest BCUT2D eigenvalue weighted by atomic mass is 9.88. The summed E-state index contributed by atoms with van der Waals surface area (Å²) in [6, 6.07) is 8.03. The van der Waals surface area contributed by atoms with Gasteiger partial charge in [-0.25, -0.2) is 0 Å². The van der Waals surface area contributed by atoms with Crippen molar-refractivity contribution in [1.82, 2.24) is 16.0 Å². The van der Waals surface area contributed by atoms with Crippen LogP contribution in [0.25, 0.3) is 0 Å². The minimum atomic E-state index is -0.763. The van der Waals surface area contributed by atoms with Gasteiger partial charge in [0.2, 0.25) is 18.2 Å². The summed E-state index contributed by atoms with van der Waals surface area (Å²) in [6.07, 6.45) is 4.44. The molecule has 264 valence electrons. The lowest BCUT2D eigenvalue weighted by Gasteiger charge is -2.24. The second-order valence-electron chi connectivity index (χ2n) is 11.6. The Kier molecular flexibility index (Phi) is 22.9. The van der Waals surface area contributed by atoms with Gasteiger partial charge in [-0.3, -0.25) is 28.8 Å². The molecule has 0 aliphatic rings. The van der Waals surface area contributed by atoms with E-state index in [4.69, 9.17) is 9.47 Å². The molecule has 0 unspecified atom stereocenters. The molecule has 0 saturated heterocycles. The summed E-state index contributed by atoms with van der Waals surface area (Å²) in [4.78, 5) is 73.8. The Labute approximate surface area is 283 Å². The van der Waals surface area contributed by atoms with Gasteiger partial charge in [0.25, 0.3) is 0 Å². The zero-order valence-electron chi connectivity index (χ0n) is 28.3. The Bertz CT molecular complexity index is 1090. The highest BCUT2D eigenvalue weighted by molar-refractivity contribution is 7.98. The number of nitrogens with one attached hydrogen (secondary N) is 3. The third-order valence-corrected chi connectivity index (χ3v) is 7.91. The van der Waals surface area contributed by atoms with Crippen molar-refractivity contribution >= 4 is 47.5 Å². The molecule has 1 aromatic carbocycles. The van der Waals surface area contributed by atoms with Gasteiger partial charge in [0, 0.05) is 38.3 Å². The number of Topliss-reactive ketones (excluding diaryl/α,β-unsaturated/α-hetero) is 2. The molecule has 0 spiro atoms. The predicted octanol–water partition coefficient (Wildman–Crippen LogP) is 2.66. The summed E-state index contributed by atoms with van der Waals surface area (Å²) in [6.45, 7) is 5.52. The fourth-order valence-corrected chi connectivity index (χ4v) is 5.26. The monoisotopic (exact) mass is 679 g/mol. The third kappa shape index (κ3) is 19.9. The van der Waals surface area contributed by atoms with Crippen LogP contribution in [-0.4, -0.2) is 99.9 Å². The molecule has 0 aliphatic heterocycles. The summed E-state index contributed by atoms with van der Waals surface area (Å²) in [5.74, 6) is -1.15. The lowest BCUT2D eigenvalue weighted by Crippen LogP contribution is -2.46. The third-order valence-electron chi connectivity index (χ3n) is 7.27. The molecule has 0 fully saturated rings. The molecule has 0 saturated carbocycles. The van der Waals surface area contributed by atoms with E-state index >= 15 is 0 Å². The highest BCUT2D eigenvalue weighted by atomic mass is 32.2. The van der Waals surface area contributed by atoms with Gasteiger partial charge >= 0.3 is 5.97 Å². The van der Waals surface area contributed by atoms with Gasteiger partial charge in [0.15, 0.2) is 11.6 Å². The van der Waals surface area contributed by atoms with E-state index in [9.17, 15) is 28.8 Å². The Morgan fingerprint density at radius 1 is 0.894 bits per heavy atom. The Hall–Kier alpha value is -3.29. The first kappa shape index (κ1) is 41.7. The molecule has 12 nitrogen and oxygen atoms in total. The number of hydrogen-bond acceptors (Lipinski definition) is 10. The largest absolute Gasteiger partial charge is 0.469 e. The normalized spacial score (nSPS) is 12.9. The summed E-state index contributed by atoms with van der Waals surface area (Å²) >= 11 is 1.58. The number of rotatable bonds is 28. The van der Waals surface area contributed by atoms with Gasteiger partial charge < -0.3 is 30.2 Å². The van der Waals surface area contributed by atoms with Crippen LogP contribution in [0.1, 0.15) is 64.4 Å². The second kappa shape index (κ2) is 25.8. The molecule has 3 atom stereocenters. The first-order chi connectivity index (χ1) is 22.6. The van der Waals surface area contributed by atoms with E-state index in [-0.39, 0.29) is 55.0 Å². The molecule has 1 rings (SSSR count). The standard InChI is InChI=1S/C34H53N3O9S/c1-25(2)21-27(23-31(40)28(36-24-38)14-20-47-4)34(43)37-29(22-26-9-6-5-7-10-26)30(39)11-8-16-45-18-19-46-17-15-35-32(41)12-13-33(42)44-3/h5-7,9-10,24-25,27-29H,8,11-23H2,1-4H3,(H,35,41)(H,36,38)(H,37,43)/t27-,28+,29+/m1/s1. The Morgan fingerprint density at radius 3 is 2.23 bits per heavy atom. The zero-order valence-corrected chi connectivity index (χ0v) is 29.1. The highest BCUT2D eigenvalue weighted by Gasteiger charge is 2.30. The van der Waals surface area contributed by atoms with E-state index in [0.29, 0.717) is 70.8 Å². The molecule has 0 radical (unpaired) electrons. The van der Waals surface area contributed by atoms with E-state index in [0.717, 1.165) is 5.56 Å². The van der Waals surface area contributed by atoms with Crippen molar-refractivity contribution in [3.8, 4) is 0 Å². The van der Waals surface area contributed by atoms with Crippen molar-refractivity contribution in [3.63, 3.8) is 0 Å². The van der Waals surface area contributed by atoms with Gasteiger partial charge in [-0.1, -0.05) is 44.2 Å². The molecule has 13 heteroatoms. The maximum Gasteiger partial charge on any atom is 0.306 e. The van der Waals surface area contributed by atoms with Crippen LogP contribution in [0, 0.1) is 11.8 Å². The number of carbonyl (C=O) groups excluding carboxylic acids is 6. The van der Waals surface area contributed by atoms with Gasteiger partial charge in [0.1, 0.15) is 0 Å². The molecule has 47 heavy (non-hydrogen) atoms. The van der Waals surface area contributed by atoms with Crippen LogP contribution in [0.3, 0.4) is 0 Å². The Balaban J connectivity index is 2.62. The minimum Gasteiger partial charge on any atom is -0.469 e. The summed E-state index contributed by atoms with van der Waals surface area (Å²) < 4.78 is 15.5. The van der Waals surface area contributed by atoms with Gasteiger partial charge in [-0.05, 0) is 49.2 Å². The summed E-state index contributed by atoms with van der Waals surface area (Å²) in [5.41, 5.74) is 0.906. The number of esters is 1. The number of hydrogen-bond donors (Lipinski definition) is 3. The van der Waals surface area contributed by atoms with Crippen LogP contribution in [0.5, 0.6) is 0 Å². The van der Waals surface area contributed by atoms with Crippen molar-refractivity contribution in [2.75, 3.05) is 52.1 Å². The first-order valence-corrected chi connectivity index (χ1v) is 17.6. The van der Waals surface area contributed by atoms with E-state index in [1.54, 1.807) is 11.8 Å². The van der Waals surface area contributed by atoms with Crippen molar-refractivity contribution in [2.24, 2.45) is 11.8 Å². The second-order valence-corrected chi connectivity index (χ2v) is 12.6. The topological polar surface area (TPSA) is 166 Å². The predicted molar refractivity (Wildman–Crippen MR) is 181 cm³/mol. The van der Waals surface area contributed by atoms with E-state index in [2.05, 4.69) is 20.7 Å². The average molecular weight is 680 g/mol. The molecule has 1 aromatic rings. The molecule has 0 aliphatic carbocycles. The van der Waals surface area contributed by atoms with Crippen LogP contribution in [0.15, 0.2) is 30.3 Å². The Morgan fingerprint density at radius 2 is 1.60 bits per heavy atom. The number of ketones is 2. The number of amides is 3. The SMILES string of the molecule is COC(=O)CCC(=O)NCCOCCOCCCC(=O)[C@H](Cc1ccccc1)NC(=O)[C@@H](CC(=O)[C@H](CCSC)NC=O)CC(C)C. The average Bonchev–Trinajstić information content (AvgIpc) is 3.05. The number of thioether (sulfide) groups is 1. The van der Waals surface area contributed by atoms with Crippen LogP contribution in [0.4, 0.5) is 0 Å². The molecule has 0 heterocycles. The molecular formula is C34H53N3O9S. The van der Waals surface area contributed by atoms with Crippen LogP contribution >= 0.6 is 11.8 Å². The molecule has 0 bridgehead atoms. The van der Waals surface area contributed by atoms with Crippen molar-refractivity contribution in [2.45, 2.75) is 77.3 Å². The first-order valence-electron chi connectivity index (χ1n) is 16.2. The van der Waals surface area contributed by atoms with E-state index in [1.165, 1.54) is 7.11 Å². The molecule has 3 amide bonds. The maximum absolute atomic E-state index is 13.6. The number of benzene rings is 1. The fourth-order valence-electron chi connectivity index (χ4n) is 4.79. The van der Waals surface area contributed by atoms with Gasteiger partial charge in [-0.2, -0.15) is 11.8 Å². The van der Waals surface area contributed by atoms with Gasteiger partial charge in [-0.15, -0.1) is 0 Å².